The van der Waals surface area contributed by atoms with Crippen LogP contribution in [-0.4, -0.2) is 26.9 Å². The number of carboxylic acids is 1. The Labute approximate surface area is 119 Å². The molecule has 0 bridgehead atoms. The van der Waals surface area contributed by atoms with Crippen molar-refractivity contribution in [2.24, 2.45) is 0 Å². The number of hydrogen-bond donors (Lipinski definition) is 3. The van der Waals surface area contributed by atoms with Crippen LogP contribution in [0, 0.1) is 5.82 Å². The van der Waals surface area contributed by atoms with Gasteiger partial charge >= 0.3 is 5.97 Å². The van der Waals surface area contributed by atoms with Gasteiger partial charge in [-0.2, -0.15) is 0 Å². The molecule has 0 saturated carbocycles. The highest BCUT2D eigenvalue weighted by atomic mass is 19.1. The number of H-pyrrole nitrogens is 1. The Bertz CT molecular complexity index is 718. The van der Waals surface area contributed by atoms with E-state index in [0.29, 0.717) is 17.2 Å². The van der Waals surface area contributed by atoms with Gasteiger partial charge in [-0.25, -0.2) is 9.18 Å². The normalized spacial score (nSPS) is 11.4. The Morgan fingerprint density at radius 2 is 1.86 bits per heavy atom. The summed E-state index contributed by atoms with van der Waals surface area (Å²) in [4.78, 5) is 25.1. The number of hydrogen-bond acceptors (Lipinski definition) is 3. The van der Waals surface area contributed by atoms with Gasteiger partial charge in [0.2, 0.25) is 11.5 Å². The van der Waals surface area contributed by atoms with Gasteiger partial charge in [0.15, 0.2) is 0 Å². The largest absolute Gasteiger partial charge is 0.502 e. The monoisotopic (exact) mass is 289 g/mol. The molecule has 0 aliphatic rings. The lowest BCUT2D eigenvalue weighted by Crippen LogP contribution is -2.06. The van der Waals surface area contributed by atoms with Gasteiger partial charge < -0.3 is 15.2 Å². The van der Waals surface area contributed by atoms with E-state index in [1.54, 1.807) is 24.3 Å². The highest BCUT2D eigenvalue weighted by molar-refractivity contribution is 6.07. The molecule has 0 unspecified atom stereocenters. The Hall–Kier alpha value is -2.89. The fraction of sp³-hybridized carbons (Fsp3) is 0.0667. The minimum Gasteiger partial charge on any atom is -0.502 e. The second-order valence-corrected chi connectivity index (χ2v) is 4.35. The number of allylic oxidation sites excluding steroid dienone is 1. The number of carboxylic acid groups (broad SMARTS) is 1. The molecular weight excluding hydrogens is 277 g/mol. The topological polar surface area (TPSA) is 90.4 Å². The van der Waals surface area contributed by atoms with Crippen molar-refractivity contribution >= 4 is 11.8 Å². The number of rotatable bonds is 5. The van der Waals surface area contributed by atoms with Crippen molar-refractivity contribution < 1.29 is 24.2 Å². The lowest BCUT2D eigenvalue weighted by atomic mass is 10.0. The number of aliphatic hydroxyl groups is 1. The summed E-state index contributed by atoms with van der Waals surface area (Å²) in [5.41, 5.74) is 1.04. The van der Waals surface area contributed by atoms with Crippen LogP contribution in [0.3, 0.4) is 0 Å². The van der Waals surface area contributed by atoms with Crippen molar-refractivity contribution in [3.8, 4) is 0 Å². The second kappa shape index (κ2) is 6.04. The van der Waals surface area contributed by atoms with Crippen LogP contribution >= 0.6 is 0 Å². The standard InChI is InChI=1S/C15H12FNO4/c16-11-4-2-1-3-9(11)7-10-5-6-17-14(10)12(18)8-13(19)15(20)21/h1-6,8,17,19H,7H2,(H,20,21)/b13-8-. The van der Waals surface area contributed by atoms with Crippen LogP contribution in [0.25, 0.3) is 0 Å². The molecule has 5 nitrogen and oxygen atoms in total. The summed E-state index contributed by atoms with van der Waals surface area (Å²) in [6.07, 6.45) is 2.28. The molecule has 0 saturated heterocycles. The van der Waals surface area contributed by atoms with Crippen LogP contribution in [0.5, 0.6) is 0 Å². The molecule has 3 N–H and O–H groups in total. The summed E-state index contributed by atoms with van der Waals surface area (Å²) < 4.78 is 13.6. The number of benzene rings is 1. The predicted octanol–water partition coefficient (Wildman–Crippen LogP) is 2.45. The first-order chi connectivity index (χ1) is 9.99. The molecule has 0 aliphatic carbocycles. The quantitative estimate of drug-likeness (QED) is 0.448. The fourth-order valence-electron chi connectivity index (χ4n) is 1.88. The van der Waals surface area contributed by atoms with E-state index < -0.39 is 17.5 Å². The molecule has 0 aliphatic heterocycles. The number of halogens is 1. The predicted molar refractivity (Wildman–Crippen MR) is 72.7 cm³/mol. The smallest absolute Gasteiger partial charge is 0.371 e. The van der Waals surface area contributed by atoms with Gasteiger partial charge in [0, 0.05) is 18.7 Å². The van der Waals surface area contributed by atoms with Gasteiger partial charge in [-0.3, -0.25) is 4.79 Å². The molecule has 0 radical (unpaired) electrons. The molecule has 0 spiro atoms. The number of aliphatic hydroxyl groups excluding tert-OH is 1. The maximum Gasteiger partial charge on any atom is 0.371 e. The summed E-state index contributed by atoms with van der Waals surface area (Å²) in [5, 5.41) is 17.6. The molecule has 0 fully saturated rings. The van der Waals surface area contributed by atoms with Crippen LogP contribution in [-0.2, 0) is 11.2 Å². The van der Waals surface area contributed by atoms with E-state index in [4.69, 9.17) is 10.2 Å². The maximum absolute atomic E-state index is 13.6. The molecule has 2 aromatic rings. The number of carbonyl (C=O) groups is 2. The fourth-order valence-corrected chi connectivity index (χ4v) is 1.88. The van der Waals surface area contributed by atoms with Crippen LogP contribution in [0.4, 0.5) is 4.39 Å². The summed E-state index contributed by atoms with van der Waals surface area (Å²) in [7, 11) is 0. The van der Waals surface area contributed by atoms with Crippen molar-refractivity contribution in [3.05, 3.63) is 71.0 Å². The van der Waals surface area contributed by atoms with Crippen molar-refractivity contribution in [1.82, 2.24) is 4.98 Å². The Morgan fingerprint density at radius 1 is 1.14 bits per heavy atom. The van der Waals surface area contributed by atoms with Crippen molar-refractivity contribution in [1.29, 1.82) is 0 Å². The number of aromatic amines is 1. The van der Waals surface area contributed by atoms with E-state index in [0.717, 1.165) is 0 Å². The highest BCUT2D eigenvalue weighted by Crippen LogP contribution is 2.17. The van der Waals surface area contributed by atoms with Crippen molar-refractivity contribution in [3.63, 3.8) is 0 Å². The lowest BCUT2D eigenvalue weighted by molar-refractivity contribution is -0.135. The van der Waals surface area contributed by atoms with E-state index >= 15 is 0 Å². The van der Waals surface area contributed by atoms with Crippen LogP contribution < -0.4 is 0 Å². The average molecular weight is 289 g/mol. The minimum atomic E-state index is -1.59. The molecule has 1 aromatic carbocycles. The summed E-state index contributed by atoms with van der Waals surface area (Å²) in [5.74, 6) is -3.72. The van der Waals surface area contributed by atoms with E-state index in [2.05, 4.69) is 4.98 Å². The van der Waals surface area contributed by atoms with Crippen LogP contribution in [0.2, 0.25) is 0 Å². The summed E-state index contributed by atoms with van der Waals surface area (Å²) >= 11 is 0. The van der Waals surface area contributed by atoms with Gasteiger partial charge in [-0.05, 0) is 23.3 Å². The van der Waals surface area contributed by atoms with E-state index in [-0.39, 0.29) is 17.9 Å². The van der Waals surface area contributed by atoms with E-state index in [9.17, 15) is 14.0 Å². The number of carbonyl (C=O) groups excluding carboxylic acids is 1. The molecule has 1 heterocycles. The van der Waals surface area contributed by atoms with E-state index in [1.165, 1.54) is 12.3 Å². The number of nitrogens with one attached hydrogen (secondary N) is 1. The van der Waals surface area contributed by atoms with Crippen molar-refractivity contribution in [2.75, 3.05) is 0 Å². The molecule has 1 aromatic heterocycles. The third-order valence-electron chi connectivity index (χ3n) is 2.91. The Kier molecular flexibility index (Phi) is 4.18. The first kappa shape index (κ1) is 14.5. The molecule has 6 heteroatoms. The molecule has 21 heavy (non-hydrogen) atoms. The SMILES string of the molecule is O=C(O)/C(O)=C/C(=O)c1[nH]ccc1Cc1ccccc1F. The maximum atomic E-state index is 13.6. The van der Waals surface area contributed by atoms with Gasteiger partial charge in [-0.15, -0.1) is 0 Å². The Balaban J connectivity index is 2.27. The third-order valence-corrected chi connectivity index (χ3v) is 2.91. The van der Waals surface area contributed by atoms with E-state index in [1.807, 2.05) is 0 Å². The lowest BCUT2D eigenvalue weighted by Gasteiger charge is -2.03. The van der Waals surface area contributed by atoms with Gasteiger partial charge in [0.05, 0.1) is 5.69 Å². The molecule has 0 atom stereocenters. The van der Waals surface area contributed by atoms with Gasteiger partial charge in [0.25, 0.3) is 0 Å². The van der Waals surface area contributed by atoms with Crippen LogP contribution in [0.15, 0.2) is 48.4 Å². The van der Waals surface area contributed by atoms with Gasteiger partial charge in [0.1, 0.15) is 5.82 Å². The van der Waals surface area contributed by atoms with Crippen molar-refractivity contribution in [2.45, 2.75) is 6.42 Å². The first-order valence-corrected chi connectivity index (χ1v) is 6.07. The molecule has 0 amide bonds. The second-order valence-electron chi connectivity index (χ2n) is 4.35. The number of ketones is 1. The third kappa shape index (κ3) is 3.36. The number of aliphatic carboxylic acids is 1. The first-order valence-electron chi connectivity index (χ1n) is 6.07. The minimum absolute atomic E-state index is 0.117. The average Bonchev–Trinajstić information content (AvgIpc) is 2.89. The zero-order chi connectivity index (χ0) is 15.4. The summed E-state index contributed by atoms with van der Waals surface area (Å²) in [6, 6.07) is 7.77. The molecule has 108 valence electrons. The molecule has 2 rings (SSSR count). The molecular formula is C15H12FNO4. The van der Waals surface area contributed by atoms with Gasteiger partial charge in [-0.1, -0.05) is 18.2 Å². The zero-order valence-electron chi connectivity index (χ0n) is 10.8. The number of aromatic nitrogens is 1. The zero-order valence-corrected chi connectivity index (χ0v) is 10.8. The van der Waals surface area contributed by atoms with Crippen LogP contribution in [0.1, 0.15) is 21.6 Å². The highest BCUT2D eigenvalue weighted by Gasteiger charge is 2.15. The Morgan fingerprint density at radius 3 is 2.52 bits per heavy atom. The summed E-state index contributed by atoms with van der Waals surface area (Å²) in [6.45, 7) is 0.